The summed E-state index contributed by atoms with van der Waals surface area (Å²) in [5, 5.41) is 9.55. The van der Waals surface area contributed by atoms with Crippen LogP contribution < -0.4 is 4.74 Å². The first-order chi connectivity index (χ1) is 18.2. The summed E-state index contributed by atoms with van der Waals surface area (Å²) in [5.74, 6) is -0.868. The van der Waals surface area contributed by atoms with E-state index < -0.39 is 29.1 Å². The Morgan fingerprint density at radius 2 is 1.63 bits per heavy atom. The molecule has 2 unspecified atom stereocenters. The smallest absolute Gasteiger partial charge is 0.326 e. The van der Waals surface area contributed by atoms with Crippen LogP contribution in [-0.2, 0) is 27.2 Å². The van der Waals surface area contributed by atoms with E-state index in [1.807, 2.05) is 32.0 Å². The monoisotopic (exact) mass is 521 g/mol. The van der Waals surface area contributed by atoms with E-state index in [2.05, 4.69) is 36.4 Å². The van der Waals surface area contributed by atoms with Gasteiger partial charge >= 0.3 is 5.97 Å². The van der Waals surface area contributed by atoms with Crippen molar-refractivity contribution in [2.45, 2.75) is 84.1 Å². The Morgan fingerprint density at radius 3 is 2.29 bits per heavy atom. The summed E-state index contributed by atoms with van der Waals surface area (Å²) < 4.78 is 5.28. The number of piperidine rings is 1. The van der Waals surface area contributed by atoms with E-state index in [4.69, 9.17) is 4.74 Å². The third kappa shape index (κ3) is 8.44. The van der Waals surface area contributed by atoms with E-state index >= 15 is 0 Å². The number of rotatable bonds is 14. The van der Waals surface area contributed by atoms with Crippen molar-refractivity contribution in [1.29, 1.82) is 0 Å². The first kappa shape index (κ1) is 29.4. The van der Waals surface area contributed by atoms with E-state index in [1.165, 1.54) is 16.0 Å². The molecule has 1 saturated heterocycles. The van der Waals surface area contributed by atoms with Gasteiger partial charge in [0.15, 0.2) is 0 Å². The number of likely N-dealkylation sites (tertiary alicyclic amines) is 1. The quantitative estimate of drug-likeness (QED) is 0.303. The summed E-state index contributed by atoms with van der Waals surface area (Å²) >= 11 is 0. The minimum Gasteiger partial charge on any atom is -0.497 e. The Balaban J connectivity index is 1.62. The maximum Gasteiger partial charge on any atom is 0.326 e. The Kier molecular flexibility index (Phi) is 10.9. The third-order valence-corrected chi connectivity index (χ3v) is 7.96. The number of carbonyl (C=O) groups is 3. The SMILES string of the molecule is COc1ccc(CCC(CCCc2ccccc2)CCC(C)(C)C(=O)C(=O)N2CCCCC2C(=O)O)cc1. The molecule has 0 saturated carbocycles. The Morgan fingerprint density at radius 1 is 0.947 bits per heavy atom. The summed E-state index contributed by atoms with van der Waals surface area (Å²) in [4.78, 5) is 39.3. The number of Topliss-reactive ketones (excluding diaryl/α,β-unsaturated/α-hetero) is 1. The van der Waals surface area contributed by atoms with Gasteiger partial charge in [0, 0.05) is 12.0 Å². The number of carboxylic acids is 1. The molecule has 0 aromatic heterocycles. The first-order valence-corrected chi connectivity index (χ1v) is 14.0. The van der Waals surface area contributed by atoms with Crippen LogP contribution in [-0.4, -0.2) is 47.4 Å². The third-order valence-electron chi connectivity index (χ3n) is 7.96. The molecule has 6 heteroatoms. The summed E-state index contributed by atoms with van der Waals surface area (Å²) in [5.41, 5.74) is 1.75. The number of hydrogen-bond donors (Lipinski definition) is 1. The van der Waals surface area contributed by atoms with Crippen molar-refractivity contribution in [2.24, 2.45) is 11.3 Å². The summed E-state index contributed by atoms with van der Waals surface area (Å²) in [6.45, 7) is 4.00. The van der Waals surface area contributed by atoms with Gasteiger partial charge < -0.3 is 14.7 Å². The number of ketones is 1. The van der Waals surface area contributed by atoms with Crippen LogP contribution in [0.3, 0.4) is 0 Å². The summed E-state index contributed by atoms with van der Waals surface area (Å²) in [6.07, 6.45) is 8.44. The summed E-state index contributed by atoms with van der Waals surface area (Å²) in [7, 11) is 1.67. The number of carboxylic acid groups (broad SMARTS) is 1. The van der Waals surface area contributed by atoms with Crippen molar-refractivity contribution in [1.82, 2.24) is 4.90 Å². The second-order valence-electron chi connectivity index (χ2n) is 11.2. The predicted molar refractivity (Wildman–Crippen MR) is 149 cm³/mol. The normalized spacial score (nSPS) is 16.6. The molecule has 1 amide bonds. The van der Waals surface area contributed by atoms with Gasteiger partial charge in [-0.3, -0.25) is 9.59 Å². The fourth-order valence-corrected chi connectivity index (χ4v) is 5.37. The number of methoxy groups -OCH3 is 1. The summed E-state index contributed by atoms with van der Waals surface area (Å²) in [6, 6.07) is 17.8. The molecule has 1 fully saturated rings. The molecule has 2 atom stereocenters. The zero-order valence-corrected chi connectivity index (χ0v) is 23.2. The first-order valence-electron chi connectivity index (χ1n) is 14.0. The second-order valence-corrected chi connectivity index (χ2v) is 11.2. The van der Waals surface area contributed by atoms with Gasteiger partial charge in [0.1, 0.15) is 11.8 Å². The molecular formula is C32H43NO5. The molecular weight excluding hydrogens is 478 g/mol. The van der Waals surface area contributed by atoms with Crippen LogP contribution in [0.4, 0.5) is 0 Å². The standard InChI is InChI=1S/C32H43NO5/c1-32(2,29(34)30(35)33-23-8-7-14-28(33)31(36)37)22-21-25(13-9-12-24-10-5-4-6-11-24)15-16-26-17-19-27(38-3)20-18-26/h4-6,10-11,17-20,25,28H,7-9,12-16,21-23H2,1-3H3,(H,36,37). The highest BCUT2D eigenvalue weighted by atomic mass is 16.5. The van der Waals surface area contributed by atoms with Crippen molar-refractivity contribution >= 4 is 17.7 Å². The largest absolute Gasteiger partial charge is 0.497 e. The van der Waals surface area contributed by atoms with Crippen molar-refractivity contribution in [3.8, 4) is 5.75 Å². The Labute approximate surface area is 227 Å². The Hall–Kier alpha value is -3.15. The number of nitrogens with zero attached hydrogens (tertiary/aromatic N) is 1. The molecule has 0 radical (unpaired) electrons. The molecule has 0 spiro atoms. The minimum absolute atomic E-state index is 0.335. The fourth-order valence-electron chi connectivity index (χ4n) is 5.37. The fraction of sp³-hybridized carbons (Fsp3) is 0.531. The maximum absolute atomic E-state index is 13.3. The van der Waals surface area contributed by atoms with Gasteiger partial charge in [0.25, 0.3) is 5.91 Å². The highest BCUT2D eigenvalue weighted by Gasteiger charge is 2.40. The topological polar surface area (TPSA) is 83.9 Å². The number of ether oxygens (including phenoxy) is 1. The van der Waals surface area contributed by atoms with Crippen LogP contribution in [0, 0.1) is 11.3 Å². The van der Waals surface area contributed by atoms with Crippen molar-refractivity contribution < 1.29 is 24.2 Å². The lowest BCUT2D eigenvalue weighted by atomic mass is 9.78. The minimum atomic E-state index is -1.03. The molecule has 206 valence electrons. The van der Waals surface area contributed by atoms with Crippen molar-refractivity contribution in [3.63, 3.8) is 0 Å². The van der Waals surface area contributed by atoms with Crippen LogP contribution in [0.5, 0.6) is 5.75 Å². The zero-order chi connectivity index (χ0) is 27.5. The molecule has 1 N–H and O–H groups in total. The molecule has 6 nitrogen and oxygen atoms in total. The molecule has 0 aliphatic carbocycles. The van der Waals surface area contributed by atoms with Crippen LogP contribution in [0.15, 0.2) is 54.6 Å². The lowest BCUT2D eigenvalue weighted by Crippen LogP contribution is -2.52. The van der Waals surface area contributed by atoms with Crippen molar-refractivity contribution in [3.05, 3.63) is 65.7 Å². The molecule has 0 bridgehead atoms. The maximum atomic E-state index is 13.3. The number of carbonyl (C=O) groups excluding carboxylic acids is 2. The van der Waals surface area contributed by atoms with E-state index in [0.717, 1.165) is 57.1 Å². The molecule has 1 heterocycles. The van der Waals surface area contributed by atoms with Gasteiger partial charge in [-0.05, 0) is 87.0 Å². The Bertz CT molecular complexity index is 1050. The number of benzene rings is 2. The molecule has 1 aliphatic rings. The van der Waals surface area contributed by atoms with E-state index in [9.17, 15) is 19.5 Å². The van der Waals surface area contributed by atoms with Gasteiger partial charge in [-0.25, -0.2) is 4.79 Å². The lowest BCUT2D eigenvalue weighted by molar-refractivity contribution is -0.158. The van der Waals surface area contributed by atoms with E-state index in [0.29, 0.717) is 25.3 Å². The number of amides is 1. The average molecular weight is 522 g/mol. The number of aryl methyl sites for hydroxylation is 2. The molecule has 2 aromatic carbocycles. The van der Waals surface area contributed by atoms with Gasteiger partial charge in [-0.15, -0.1) is 0 Å². The van der Waals surface area contributed by atoms with Crippen LogP contribution in [0.2, 0.25) is 0 Å². The van der Waals surface area contributed by atoms with Crippen LogP contribution in [0.1, 0.15) is 76.3 Å². The van der Waals surface area contributed by atoms with Crippen LogP contribution in [0.25, 0.3) is 0 Å². The molecule has 38 heavy (non-hydrogen) atoms. The predicted octanol–water partition coefficient (Wildman–Crippen LogP) is 6.11. The number of aliphatic carboxylic acids is 1. The highest BCUT2D eigenvalue weighted by Crippen LogP contribution is 2.32. The molecule has 2 aromatic rings. The van der Waals surface area contributed by atoms with Gasteiger partial charge in [-0.1, -0.05) is 62.7 Å². The van der Waals surface area contributed by atoms with E-state index in [-0.39, 0.29) is 0 Å². The molecule has 3 rings (SSSR count). The van der Waals surface area contributed by atoms with Crippen molar-refractivity contribution in [2.75, 3.05) is 13.7 Å². The van der Waals surface area contributed by atoms with Gasteiger partial charge in [0.2, 0.25) is 5.78 Å². The van der Waals surface area contributed by atoms with Gasteiger partial charge in [0.05, 0.1) is 7.11 Å². The number of hydrogen-bond acceptors (Lipinski definition) is 4. The average Bonchev–Trinajstić information content (AvgIpc) is 2.94. The van der Waals surface area contributed by atoms with E-state index in [1.54, 1.807) is 7.11 Å². The zero-order valence-electron chi connectivity index (χ0n) is 23.2. The van der Waals surface area contributed by atoms with Gasteiger partial charge in [-0.2, -0.15) is 0 Å². The highest BCUT2D eigenvalue weighted by molar-refractivity contribution is 6.38. The second kappa shape index (κ2) is 14.1. The van der Waals surface area contributed by atoms with Crippen LogP contribution >= 0.6 is 0 Å². The lowest BCUT2D eigenvalue weighted by Gasteiger charge is -2.35. The molecule has 1 aliphatic heterocycles.